The molecule has 1 unspecified atom stereocenters. The molecule has 0 saturated heterocycles. The molecule has 0 spiro atoms. The van der Waals surface area contributed by atoms with E-state index in [0.717, 1.165) is 10.6 Å². The van der Waals surface area contributed by atoms with Crippen LogP contribution in [0.2, 0.25) is 0 Å². The number of carbonyl (C=O) groups excluding carboxylic acids is 1. The Morgan fingerprint density at radius 3 is 2.43 bits per heavy atom. The first-order chi connectivity index (χ1) is 9.73. The van der Waals surface area contributed by atoms with Crippen molar-refractivity contribution < 1.29 is 29.5 Å². The monoisotopic (exact) mass is 299 g/mol. The Morgan fingerprint density at radius 1 is 1.38 bits per heavy atom. The summed E-state index contributed by atoms with van der Waals surface area (Å²) < 4.78 is 1.01. The number of carboxylic acids is 2. The quantitative estimate of drug-likeness (QED) is 0.472. The van der Waals surface area contributed by atoms with Crippen molar-refractivity contribution in [3.63, 3.8) is 0 Å². The molecular weight excluding hydrogens is 286 g/mol. The lowest BCUT2D eigenvalue weighted by Crippen LogP contribution is -2.41. The highest BCUT2D eigenvalue weighted by atomic mass is 16.6. The number of carbonyl (C=O) groups is 3. The molecular formula is C11H13N3O7. The molecule has 0 saturated carbocycles. The number of amides is 1. The molecule has 1 aromatic heterocycles. The van der Waals surface area contributed by atoms with E-state index in [0.29, 0.717) is 0 Å². The molecule has 10 nitrogen and oxygen atoms in total. The van der Waals surface area contributed by atoms with Crippen LogP contribution in [0.5, 0.6) is 0 Å². The van der Waals surface area contributed by atoms with Gasteiger partial charge in [0.2, 0.25) is 0 Å². The van der Waals surface area contributed by atoms with Crippen LogP contribution in [-0.2, 0) is 16.6 Å². The van der Waals surface area contributed by atoms with Crippen LogP contribution < -0.4 is 5.32 Å². The number of hydrogen-bond acceptors (Lipinski definition) is 5. The molecule has 10 heteroatoms. The summed E-state index contributed by atoms with van der Waals surface area (Å²) in [7, 11) is 1.29. The second-order valence-corrected chi connectivity index (χ2v) is 4.19. The van der Waals surface area contributed by atoms with E-state index < -0.39 is 35.2 Å². The Morgan fingerprint density at radius 2 is 2.00 bits per heavy atom. The van der Waals surface area contributed by atoms with Crippen LogP contribution in [-0.4, -0.2) is 43.6 Å². The van der Waals surface area contributed by atoms with Gasteiger partial charge in [-0.25, -0.2) is 9.36 Å². The second-order valence-electron chi connectivity index (χ2n) is 4.19. The summed E-state index contributed by atoms with van der Waals surface area (Å²) in [6, 6.07) is 0.911. The second kappa shape index (κ2) is 6.50. The van der Waals surface area contributed by atoms with Gasteiger partial charge in [-0.3, -0.25) is 9.59 Å². The van der Waals surface area contributed by atoms with Crippen molar-refractivity contribution in [1.29, 1.82) is 0 Å². The SMILES string of the molecule is Cn1c(C(=O)NC(CCC(=O)O)C(=O)O)ccc1[N+](=O)[O-]. The summed E-state index contributed by atoms with van der Waals surface area (Å²) in [5.74, 6) is -3.72. The molecule has 0 fully saturated rings. The van der Waals surface area contributed by atoms with E-state index in [-0.39, 0.29) is 17.9 Å². The van der Waals surface area contributed by atoms with Crippen LogP contribution in [0.25, 0.3) is 0 Å². The van der Waals surface area contributed by atoms with Gasteiger partial charge >= 0.3 is 17.8 Å². The topological polar surface area (TPSA) is 152 Å². The number of nitro groups is 1. The molecule has 0 aliphatic carbocycles. The first-order valence-electron chi connectivity index (χ1n) is 5.79. The number of aliphatic carboxylic acids is 2. The molecule has 0 aliphatic rings. The van der Waals surface area contributed by atoms with Crippen LogP contribution in [0.15, 0.2) is 12.1 Å². The van der Waals surface area contributed by atoms with Crippen molar-refractivity contribution in [2.24, 2.45) is 7.05 Å². The molecule has 0 radical (unpaired) electrons. The number of rotatable bonds is 7. The van der Waals surface area contributed by atoms with E-state index in [4.69, 9.17) is 10.2 Å². The van der Waals surface area contributed by atoms with Crippen molar-refractivity contribution in [2.75, 3.05) is 0 Å². The van der Waals surface area contributed by atoms with Gasteiger partial charge in [0.1, 0.15) is 6.04 Å². The maximum absolute atomic E-state index is 11.9. The maximum atomic E-state index is 11.9. The Balaban J connectivity index is 2.85. The largest absolute Gasteiger partial charge is 0.481 e. The minimum absolute atomic E-state index is 0.0942. The number of hydrogen-bond donors (Lipinski definition) is 3. The number of carboxylic acid groups (broad SMARTS) is 2. The van der Waals surface area contributed by atoms with E-state index in [2.05, 4.69) is 5.32 Å². The van der Waals surface area contributed by atoms with Gasteiger partial charge in [-0.2, -0.15) is 0 Å². The Labute approximate surface area is 118 Å². The summed E-state index contributed by atoms with van der Waals surface area (Å²) in [5, 5.41) is 30.2. The highest BCUT2D eigenvalue weighted by Crippen LogP contribution is 2.15. The van der Waals surface area contributed by atoms with Gasteiger partial charge in [-0.1, -0.05) is 0 Å². The summed E-state index contributed by atoms with van der Waals surface area (Å²) in [5.41, 5.74) is -0.0942. The predicted octanol–water partition coefficient (Wildman–Crippen LogP) is -0.0189. The molecule has 0 aliphatic heterocycles. The minimum atomic E-state index is -1.39. The lowest BCUT2D eigenvalue weighted by Gasteiger charge is -2.12. The summed E-state index contributed by atoms with van der Waals surface area (Å²) in [6.07, 6.45) is -0.715. The van der Waals surface area contributed by atoms with Crippen molar-refractivity contribution >= 4 is 23.7 Å². The first-order valence-corrected chi connectivity index (χ1v) is 5.79. The van der Waals surface area contributed by atoms with E-state index in [1.165, 1.54) is 13.1 Å². The summed E-state index contributed by atoms with van der Waals surface area (Å²) >= 11 is 0. The smallest absolute Gasteiger partial charge is 0.326 e. The fraction of sp³-hybridized carbons (Fsp3) is 0.364. The fourth-order valence-electron chi connectivity index (χ4n) is 1.67. The van der Waals surface area contributed by atoms with E-state index in [1.807, 2.05) is 0 Å². The zero-order valence-electron chi connectivity index (χ0n) is 11.0. The zero-order chi connectivity index (χ0) is 16.2. The Kier molecular flexibility index (Phi) is 5.00. The Hall–Kier alpha value is -2.91. The van der Waals surface area contributed by atoms with Gasteiger partial charge < -0.3 is 25.6 Å². The van der Waals surface area contributed by atoms with Crippen LogP contribution >= 0.6 is 0 Å². The van der Waals surface area contributed by atoms with Gasteiger partial charge in [0.05, 0.1) is 7.05 Å². The molecule has 3 N–H and O–H groups in total. The number of aromatic nitrogens is 1. The lowest BCUT2D eigenvalue weighted by atomic mass is 10.1. The molecule has 1 heterocycles. The number of nitrogens with one attached hydrogen (secondary N) is 1. The molecule has 21 heavy (non-hydrogen) atoms. The average molecular weight is 299 g/mol. The van der Waals surface area contributed by atoms with Gasteiger partial charge in [-0.15, -0.1) is 0 Å². The standard InChI is InChI=1S/C11H13N3O7/c1-13-7(3-4-8(13)14(20)21)10(17)12-6(11(18)19)2-5-9(15)16/h3-4,6H,2,5H2,1H3,(H,12,17)(H,15,16)(H,18,19). The van der Waals surface area contributed by atoms with E-state index in [9.17, 15) is 24.5 Å². The van der Waals surface area contributed by atoms with Crippen molar-refractivity contribution in [3.05, 3.63) is 27.9 Å². The van der Waals surface area contributed by atoms with Crippen LogP contribution in [0.4, 0.5) is 5.82 Å². The lowest BCUT2D eigenvalue weighted by molar-refractivity contribution is -0.391. The Bertz CT molecular complexity index is 593. The van der Waals surface area contributed by atoms with Crippen molar-refractivity contribution in [2.45, 2.75) is 18.9 Å². The predicted molar refractivity (Wildman–Crippen MR) is 67.8 cm³/mol. The summed E-state index contributed by atoms with van der Waals surface area (Å²) in [6.45, 7) is 0. The normalized spacial score (nSPS) is 11.7. The third kappa shape index (κ3) is 4.03. The minimum Gasteiger partial charge on any atom is -0.481 e. The van der Waals surface area contributed by atoms with Gasteiger partial charge in [0.15, 0.2) is 5.69 Å². The average Bonchev–Trinajstić information content (AvgIpc) is 2.75. The van der Waals surface area contributed by atoms with Gasteiger partial charge in [-0.05, 0) is 17.4 Å². The molecule has 1 rings (SSSR count). The van der Waals surface area contributed by atoms with Crippen LogP contribution in [0, 0.1) is 10.1 Å². The molecule has 1 amide bonds. The van der Waals surface area contributed by atoms with E-state index in [1.54, 1.807) is 0 Å². The molecule has 114 valence electrons. The van der Waals surface area contributed by atoms with Crippen LogP contribution in [0.1, 0.15) is 23.3 Å². The zero-order valence-corrected chi connectivity index (χ0v) is 11.0. The van der Waals surface area contributed by atoms with Gasteiger partial charge in [0, 0.05) is 12.5 Å². The highest BCUT2D eigenvalue weighted by molar-refractivity contribution is 5.95. The molecule has 0 aromatic carbocycles. The third-order valence-corrected chi connectivity index (χ3v) is 2.77. The van der Waals surface area contributed by atoms with Crippen molar-refractivity contribution in [3.8, 4) is 0 Å². The number of nitrogens with zero attached hydrogens (tertiary/aromatic N) is 2. The molecule has 1 atom stereocenters. The summed E-state index contributed by atoms with van der Waals surface area (Å²) in [4.78, 5) is 43.3. The third-order valence-electron chi connectivity index (χ3n) is 2.77. The van der Waals surface area contributed by atoms with Crippen molar-refractivity contribution in [1.82, 2.24) is 9.88 Å². The van der Waals surface area contributed by atoms with E-state index >= 15 is 0 Å². The molecule has 0 bridgehead atoms. The van der Waals surface area contributed by atoms with Gasteiger partial charge in [0.25, 0.3) is 5.91 Å². The maximum Gasteiger partial charge on any atom is 0.326 e. The van der Waals surface area contributed by atoms with Crippen LogP contribution in [0.3, 0.4) is 0 Å². The highest BCUT2D eigenvalue weighted by Gasteiger charge is 2.26. The first kappa shape index (κ1) is 16.1. The molecule has 1 aromatic rings. The fourth-order valence-corrected chi connectivity index (χ4v) is 1.67.